The van der Waals surface area contributed by atoms with Crippen molar-refractivity contribution in [3.05, 3.63) is 322 Å². The molecular formula is C104H102BrClF6N14O10. The van der Waals surface area contributed by atoms with Crippen LogP contribution in [0.3, 0.4) is 0 Å². The van der Waals surface area contributed by atoms with E-state index in [-0.39, 0.29) is 153 Å². The molecule has 9 aromatic carbocycles. The number of anilines is 1. The van der Waals surface area contributed by atoms with Crippen molar-refractivity contribution in [2.24, 2.45) is 0 Å². The summed E-state index contributed by atoms with van der Waals surface area (Å²) >= 11 is 9.72. The van der Waals surface area contributed by atoms with Crippen LogP contribution in [0.1, 0.15) is 204 Å². The van der Waals surface area contributed by atoms with Gasteiger partial charge in [0, 0.05) is 93.6 Å². The SMILES string of the molecule is CC1(C)CC(c2ccc(Br)cc2)C(=O)N1.CC1(C)CC(c2ccc(Cc3nc(-c4c(F)cccc4F)nc4c3C(=O)NC4)cc2)C(=O)N1.CC1(C)CC(c2ccc(N)cc2)C(=O)N1.COc1ccc(CN2Cc3nc(-c4c(F)cccc4F)nc(Cc4ccc(C5CC(C)(C)NC5=O)cc4)c3C2=O)c(OC)c1.COc1ccc(CN2Cc3nc(-c4c(F)cccc4F)nc(Cl)c3C2)c(OC)c1. The summed E-state index contributed by atoms with van der Waals surface area (Å²) in [5.41, 5.74) is 15.8. The Balaban J connectivity index is 0.000000136. The molecule has 19 rings (SSSR count). The number of hydrogen-bond donors (Lipinski definition) is 6. The van der Waals surface area contributed by atoms with Gasteiger partial charge in [0.2, 0.25) is 23.6 Å². The second-order valence-electron chi connectivity index (χ2n) is 37.1. The number of carbonyl (C=O) groups is 6. The van der Waals surface area contributed by atoms with Crippen LogP contribution in [0.5, 0.6) is 23.0 Å². The van der Waals surface area contributed by atoms with Crippen LogP contribution in [0, 0.1) is 34.9 Å². The number of nitrogens with two attached hydrogens (primary N) is 1. The van der Waals surface area contributed by atoms with E-state index in [0.717, 1.165) is 97.3 Å². The second-order valence-corrected chi connectivity index (χ2v) is 38.4. The van der Waals surface area contributed by atoms with Crippen LogP contribution in [-0.2, 0) is 71.3 Å². The maximum absolute atomic E-state index is 14.9. The molecule has 0 bridgehead atoms. The summed E-state index contributed by atoms with van der Waals surface area (Å²) in [6, 6.07) is 52.5. The molecule has 24 nitrogen and oxygen atoms in total. The molecule has 12 aromatic rings. The Morgan fingerprint density at radius 3 is 1.15 bits per heavy atom. The number of halogens is 8. The Morgan fingerprint density at radius 1 is 0.412 bits per heavy atom. The Hall–Kier alpha value is -13.7. The molecule has 136 heavy (non-hydrogen) atoms. The minimum absolute atomic E-state index is 0.00731. The highest BCUT2D eigenvalue weighted by Gasteiger charge is 2.43. The number of hydrogen-bond acceptors (Lipinski definition) is 18. The molecule has 0 aliphatic carbocycles. The molecule has 4 unspecified atom stereocenters. The largest absolute Gasteiger partial charge is 0.497 e. The van der Waals surface area contributed by atoms with Crippen molar-refractivity contribution in [1.29, 1.82) is 0 Å². The quantitative estimate of drug-likeness (QED) is 0.0249. The van der Waals surface area contributed by atoms with Crippen molar-refractivity contribution in [3.8, 4) is 57.2 Å². The van der Waals surface area contributed by atoms with Gasteiger partial charge in [-0.05, 0) is 193 Å². The minimum Gasteiger partial charge on any atom is -0.497 e. The summed E-state index contributed by atoms with van der Waals surface area (Å²) in [5.74, 6) is -3.00. The summed E-state index contributed by atoms with van der Waals surface area (Å²) in [7, 11) is 6.31. The molecule has 32 heteroatoms. The van der Waals surface area contributed by atoms with Gasteiger partial charge >= 0.3 is 0 Å². The molecular weight excluding hydrogens is 1830 g/mol. The number of benzene rings is 9. The van der Waals surface area contributed by atoms with Gasteiger partial charge in [-0.2, -0.15) is 0 Å². The third-order valence-corrected chi connectivity index (χ3v) is 25.6. The molecule has 7 N–H and O–H groups in total. The van der Waals surface area contributed by atoms with E-state index < -0.39 is 34.9 Å². The fourth-order valence-electron chi connectivity index (χ4n) is 18.1. The standard InChI is InChI=1S/C34H32F2N4O4.C25H22F2N4O2.C21H18ClF2N3O2.C12H14BrNO.C12H16N2O/c1-34(2)16-23(32(41)39-34)20-10-8-19(9-11-20)14-26-30-27(38-31(37-26)29-24(35)6-5-7-25(29)36)18-40(33(30)42)17-21-12-13-22(43-3)15-28(21)44-4;1-25(2)11-15(23(32)31-25)14-8-6-13(7-9-14)10-18-21-19(12-28-24(21)33)30-22(29-18)20-16(26)4-3-5-17(20)27;1-28-13-7-6-12(18(8-13)29-2)9-27-10-14-17(11-27)25-21(26-20(14)22)19-15(23)4-3-5-16(19)24;2*1-12(2)7-10(11(15)14-12)8-3-5-9(13)6-4-8/h5-13,15,23H,14,16-18H2,1-4H3,(H,39,41);3-9,15H,10-12H2,1-2H3,(H,28,33)(H,31,32);3-8H,9-11H2,1-2H3;3-6,10H,7H2,1-2H3,(H,14,15);3-6,10H,7,13H2,1-2H3,(H,14,15). The first-order valence-corrected chi connectivity index (χ1v) is 45.4. The van der Waals surface area contributed by atoms with Crippen LogP contribution in [-0.4, -0.2) is 126 Å². The highest BCUT2D eigenvalue weighted by molar-refractivity contribution is 9.10. The zero-order chi connectivity index (χ0) is 97.1. The smallest absolute Gasteiger partial charge is 0.258 e. The third-order valence-electron chi connectivity index (χ3n) is 24.8. The Labute approximate surface area is 796 Å². The molecule has 4 fully saturated rings. The number of ether oxygens (including phenoxy) is 4. The monoisotopic (exact) mass is 1930 g/mol. The molecule has 4 saturated heterocycles. The zero-order valence-corrected chi connectivity index (χ0v) is 79.3. The van der Waals surface area contributed by atoms with E-state index in [9.17, 15) is 55.1 Å². The molecule has 10 heterocycles. The van der Waals surface area contributed by atoms with Crippen molar-refractivity contribution >= 4 is 68.7 Å². The fourth-order valence-corrected chi connectivity index (χ4v) is 18.6. The summed E-state index contributed by atoms with van der Waals surface area (Å²) < 4.78 is 109. The molecule has 6 amide bonds. The number of methoxy groups -OCH3 is 4. The lowest BCUT2D eigenvalue weighted by molar-refractivity contribution is -0.121. The van der Waals surface area contributed by atoms with Gasteiger partial charge in [-0.3, -0.25) is 33.7 Å². The van der Waals surface area contributed by atoms with Gasteiger partial charge in [0.05, 0.1) is 128 Å². The summed E-state index contributed by atoms with van der Waals surface area (Å²) in [6.45, 7) is 18.3. The van der Waals surface area contributed by atoms with Gasteiger partial charge in [0.1, 0.15) is 63.1 Å². The van der Waals surface area contributed by atoms with E-state index in [2.05, 4.69) is 91.2 Å². The first-order chi connectivity index (χ1) is 64.7. The van der Waals surface area contributed by atoms with Gasteiger partial charge in [-0.15, -0.1) is 0 Å². The number of aromatic nitrogens is 6. The summed E-state index contributed by atoms with van der Waals surface area (Å²) in [5, 5.41) is 14.9. The number of nitrogens with zero attached hydrogens (tertiary/aromatic N) is 8. The fraction of sp³-hybridized carbons (Fsp3) is 0.308. The van der Waals surface area contributed by atoms with E-state index in [0.29, 0.717) is 95.1 Å². The van der Waals surface area contributed by atoms with Crippen molar-refractivity contribution < 1.29 is 74.1 Å². The van der Waals surface area contributed by atoms with E-state index in [1.54, 1.807) is 45.5 Å². The van der Waals surface area contributed by atoms with Gasteiger partial charge in [0.25, 0.3) is 11.8 Å². The number of rotatable bonds is 19. The normalized spacial score (nSPS) is 18.2. The summed E-state index contributed by atoms with van der Waals surface area (Å²) in [4.78, 5) is 105. The van der Waals surface area contributed by atoms with Gasteiger partial charge in [-0.25, -0.2) is 56.2 Å². The first-order valence-electron chi connectivity index (χ1n) is 44.2. The number of nitrogen functional groups attached to an aromatic ring is 1. The topological polar surface area (TPSA) is 309 Å². The molecule has 0 radical (unpaired) electrons. The maximum Gasteiger partial charge on any atom is 0.258 e. The third kappa shape index (κ3) is 22.0. The molecule has 0 saturated carbocycles. The van der Waals surface area contributed by atoms with Gasteiger partial charge < -0.3 is 56.2 Å². The van der Waals surface area contributed by atoms with Crippen LogP contribution < -0.4 is 51.3 Å². The van der Waals surface area contributed by atoms with Crippen molar-refractivity contribution in [2.75, 3.05) is 34.2 Å². The van der Waals surface area contributed by atoms with Crippen molar-refractivity contribution in [2.45, 2.75) is 179 Å². The number of nitrogens with one attached hydrogen (secondary N) is 5. The lowest BCUT2D eigenvalue weighted by atomic mass is 9.90. The van der Waals surface area contributed by atoms with Gasteiger partial charge in [-0.1, -0.05) is 125 Å². The predicted octanol–water partition coefficient (Wildman–Crippen LogP) is 18.3. The predicted molar refractivity (Wildman–Crippen MR) is 506 cm³/mol. The van der Waals surface area contributed by atoms with Gasteiger partial charge in [0.15, 0.2) is 17.5 Å². The van der Waals surface area contributed by atoms with E-state index in [1.807, 2.05) is 163 Å². The Morgan fingerprint density at radius 2 is 0.772 bits per heavy atom. The first kappa shape index (κ1) is 96.9. The molecule has 0 spiro atoms. The van der Waals surface area contributed by atoms with Crippen LogP contribution >= 0.6 is 27.5 Å². The highest BCUT2D eigenvalue weighted by atomic mass is 79.9. The van der Waals surface area contributed by atoms with Crippen LogP contribution in [0.25, 0.3) is 34.2 Å². The second kappa shape index (κ2) is 40.1. The van der Waals surface area contributed by atoms with E-state index in [1.165, 1.54) is 30.3 Å². The minimum atomic E-state index is -0.790. The Kier molecular flexibility index (Phi) is 28.6. The van der Waals surface area contributed by atoms with Crippen LogP contribution in [0.4, 0.5) is 32.0 Å². The lowest BCUT2D eigenvalue weighted by Gasteiger charge is -2.18. The summed E-state index contributed by atoms with van der Waals surface area (Å²) in [6.07, 6.45) is 3.61. The molecule has 4 atom stereocenters. The van der Waals surface area contributed by atoms with Crippen LogP contribution in [0.2, 0.25) is 5.15 Å². The molecule has 7 aliphatic rings. The number of amides is 6. The average molecular weight is 1940 g/mol. The Bertz CT molecular complexity index is 6480. The highest BCUT2D eigenvalue weighted by Crippen LogP contribution is 2.42. The molecule has 704 valence electrons. The van der Waals surface area contributed by atoms with Crippen molar-refractivity contribution in [3.63, 3.8) is 0 Å². The number of fused-ring (bicyclic) bond motifs is 3. The molecule has 7 aliphatic heterocycles. The zero-order valence-electron chi connectivity index (χ0n) is 77.0. The van der Waals surface area contributed by atoms with Crippen molar-refractivity contribution in [1.82, 2.24) is 66.3 Å². The van der Waals surface area contributed by atoms with Crippen LogP contribution in [0.15, 0.2) is 193 Å². The molecule has 3 aromatic heterocycles. The average Bonchev–Trinajstić information content (AvgIpc) is 1.59. The number of carbonyl (C=O) groups excluding carboxylic acids is 6. The maximum atomic E-state index is 14.9. The lowest BCUT2D eigenvalue weighted by Crippen LogP contribution is -2.34. The van der Waals surface area contributed by atoms with E-state index in [4.69, 9.17) is 36.3 Å². The van der Waals surface area contributed by atoms with E-state index >= 15 is 0 Å².